The maximum absolute atomic E-state index is 10.7. The van der Waals surface area contributed by atoms with Crippen LogP contribution in [0.1, 0.15) is 21.5 Å². The minimum absolute atomic E-state index is 0.302. The Morgan fingerprint density at radius 2 is 2.00 bits per heavy atom. The maximum atomic E-state index is 10.7. The molecule has 1 aromatic heterocycles. The van der Waals surface area contributed by atoms with Crippen LogP contribution in [0.5, 0.6) is 0 Å². The molecule has 0 aliphatic rings. The van der Waals surface area contributed by atoms with Crippen molar-refractivity contribution in [3.63, 3.8) is 0 Å². The molecular formula is C14H14N2O2. The van der Waals surface area contributed by atoms with E-state index in [0.717, 1.165) is 16.8 Å². The summed E-state index contributed by atoms with van der Waals surface area (Å²) in [4.78, 5) is 14.8. The third-order valence-electron chi connectivity index (χ3n) is 2.72. The predicted octanol–water partition coefficient (Wildman–Crippen LogP) is 2.70. The molecule has 1 aromatic carbocycles. The van der Waals surface area contributed by atoms with Gasteiger partial charge in [-0.3, -0.25) is 4.98 Å². The molecule has 0 saturated carbocycles. The molecule has 0 atom stereocenters. The third kappa shape index (κ3) is 2.85. The van der Waals surface area contributed by atoms with Gasteiger partial charge >= 0.3 is 5.97 Å². The number of anilines is 1. The molecular weight excluding hydrogens is 228 g/mol. The lowest BCUT2D eigenvalue weighted by Gasteiger charge is -2.08. The average Bonchev–Trinajstić information content (AvgIpc) is 2.38. The molecule has 0 fully saturated rings. The first-order chi connectivity index (χ1) is 8.66. The van der Waals surface area contributed by atoms with Crippen molar-refractivity contribution in [3.05, 3.63) is 59.4 Å². The van der Waals surface area contributed by atoms with Crippen molar-refractivity contribution in [2.75, 3.05) is 5.32 Å². The van der Waals surface area contributed by atoms with E-state index in [-0.39, 0.29) is 0 Å². The number of benzene rings is 1. The Balaban J connectivity index is 2.02. The van der Waals surface area contributed by atoms with E-state index in [0.29, 0.717) is 12.1 Å². The number of hydrogen-bond acceptors (Lipinski definition) is 3. The summed E-state index contributed by atoms with van der Waals surface area (Å²) in [5.74, 6) is -0.905. The highest BCUT2D eigenvalue weighted by Gasteiger charge is 2.02. The number of aromatic carboxylic acids is 1. The largest absolute Gasteiger partial charge is 0.478 e. The lowest BCUT2D eigenvalue weighted by atomic mass is 10.1. The Morgan fingerprint density at radius 3 is 2.61 bits per heavy atom. The molecule has 18 heavy (non-hydrogen) atoms. The van der Waals surface area contributed by atoms with Crippen molar-refractivity contribution in [1.82, 2.24) is 4.98 Å². The Kier molecular flexibility index (Phi) is 3.57. The topological polar surface area (TPSA) is 62.2 Å². The van der Waals surface area contributed by atoms with Crippen molar-refractivity contribution in [1.29, 1.82) is 0 Å². The second-order valence-electron chi connectivity index (χ2n) is 4.05. The number of nitrogens with one attached hydrogen (secondary N) is 1. The van der Waals surface area contributed by atoms with E-state index in [1.165, 1.54) is 0 Å². The van der Waals surface area contributed by atoms with Crippen LogP contribution in [0.3, 0.4) is 0 Å². The van der Waals surface area contributed by atoms with E-state index in [1.807, 2.05) is 25.1 Å². The normalized spacial score (nSPS) is 10.1. The summed E-state index contributed by atoms with van der Waals surface area (Å²) in [7, 11) is 0. The number of pyridine rings is 1. The average molecular weight is 242 g/mol. The first-order valence-corrected chi connectivity index (χ1v) is 5.63. The zero-order valence-electron chi connectivity index (χ0n) is 10.1. The number of carbonyl (C=O) groups is 1. The SMILES string of the molecule is Cc1ccncc1NCc1ccc(C(=O)O)cc1. The van der Waals surface area contributed by atoms with Gasteiger partial charge in [-0.2, -0.15) is 0 Å². The first-order valence-electron chi connectivity index (χ1n) is 5.63. The molecule has 2 N–H and O–H groups in total. The van der Waals surface area contributed by atoms with Gasteiger partial charge in [0, 0.05) is 12.7 Å². The monoisotopic (exact) mass is 242 g/mol. The van der Waals surface area contributed by atoms with Gasteiger partial charge < -0.3 is 10.4 Å². The minimum Gasteiger partial charge on any atom is -0.478 e. The van der Waals surface area contributed by atoms with Crippen molar-refractivity contribution in [3.8, 4) is 0 Å². The van der Waals surface area contributed by atoms with Gasteiger partial charge in [-0.25, -0.2) is 4.79 Å². The van der Waals surface area contributed by atoms with Crippen LogP contribution in [0.25, 0.3) is 0 Å². The highest BCUT2D eigenvalue weighted by atomic mass is 16.4. The van der Waals surface area contributed by atoms with Gasteiger partial charge in [0.25, 0.3) is 0 Å². The zero-order chi connectivity index (χ0) is 13.0. The molecule has 2 rings (SSSR count). The minimum atomic E-state index is -0.905. The molecule has 2 aromatic rings. The highest BCUT2D eigenvalue weighted by Crippen LogP contribution is 2.13. The van der Waals surface area contributed by atoms with E-state index >= 15 is 0 Å². The number of aromatic nitrogens is 1. The van der Waals surface area contributed by atoms with Crippen molar-refractivity contribution in [2.24, 2.45) is 0 Å². The number of carboxylic acid groups (broad SMARTS) is 1. The number of rotatable bonds is 4. The maximum Gasteiger partial charge on any atom is 0.335 e. The highest BCUT2D eigenvalue weighted by molar-refractivity contribution is 5.87. The quantitative estimate of drug-likeness (QED) is 0.865. The number of aryl methyl sites for hydroxylation is 1. The molecule has 0 saturated heterocycles. The van der Waals surface area contributed by atoms with Crippen molar-refractivity contribution < 1.29 is 9.90 Å². The summed E-state index contributed by atoms with van der Waals surface area (Å²) in [5.41, 5.74) is 3.45. The molecule has 0 aliphatic carbocycles. The summed E-state index contributed by atoms with van der Waals surface area (Å²) in [6.45, 7) is 2.66. The van der Waals surface area contributed by atoms with Crippen LogP contribution in [-0.2, 0) is 6.54 Å². The van der Waals surface area contributed by atoms with Crippen LogP contribution in [0.4, 0.5) is 5.69 Å². The van der Waals surface area contributed by atoms with Gasteiger partial charge in [0.2, 0.25) is 0 Å². The Hall–Kier alpha value is -2.36. The van der Waals surface area contributed by atoms with Gasteiger partial charge in [-0.1, -0.05) is 12.1 Å². The predicted molar refractivity (Wildman–Crippen MR) is 69.7 cm³/mol. The van der Waals surface area contributed by atoms with E-state index in [4.69, 9.17) is 5.11 Å². The lowest BCUT2D eigenvalue weighted by Crippen LogP contribution is -2.02. The van der Waals surface area contributed by atoms with E-state index in [9.17, 15) is 4.79 Å². The van der Waals surface area contributed by atoms with Gasteiger partial charge in [0.1, 0.15) is 0 Å². The molecule has 0 aliphatic heterocycles. The van der Waals surface area contributed by atoms with Crippen LogP contribution in [0, 0.1) is 6.92 Å². The summed E-state index contributed by atoms with van der Waals surface area (Å²) in [5, 5.41) is 12.1. The van der Waals surface area contributed by atoms with Gasteiger partial charge in [0.05, 0.1) is 17.4 Å². The fourth-order valence-electron chi connectivity index (χ4n) is 1.61. The third-order valence-corrected chi connectivity index (χ3v) is 2.72. The molecule has 0 spiro atoms. The number of carboxylic acids is 1. The Labute approximate surface area is 105 Å². The second-order valence-corrected chi connectivity index (χ2v) is 4.05. The van der Waals surface area contributed by atoms with E-state index < -0.39 is 5.97 Å². The van der Waals surface area contributed by atoms with E-state index in [2.05, 4.69) is 10.3 Å². The molecule has 0 amide bonds. The Morgan fingerprint density at radius 1 is 1.28 bits per heavy atom. The second kappa shape index (κ2) is 5.31. The molecule has 0 bridgehead atoms. The van der Waals surface area contributed by atoms with Crippen molar-refractivity contribution in [2.45, 2.75) is 13.5 Å². The molecule has 1 heterocycles. The number of hydrogen-bond donors (Lipinski definition) is 2. The number of nitrogens with zero attached hydrogens (tertiary/aromatic N) is 1. The van der Waals surface area contributed by atoms with Crippen LogP contribution in [-0.4, -0.2) is 16.1 Å². The standard InChI is InChI=1S/C14H14N2O2/c1-10-6-7-15-9-13(10)16-8-11-2-4-12(5-3-11)14(17)18/h2-7,9,16H,8H2,1H3,(H,17,18). The zero-order valence-corrected chi connectivity index (χ0v) is 10.1. The van der Waals surface area contributed by atoms with Gasteiger partial charge in [-0.15, -0.1) is 0 Å². The first kappa shape index (κ1) is 12.1. The smallest absolute Gasteiger partial charge is 0.335 e. The molecule has 4 nitrogen and oxygen atoms in total. The van der Waals surface area contributed by atoms with Crippen molar-refractivity contribution >= 4 is 11.7 Å². The van der Waals surface area contributed by atoms with Gasteiger partial charge in [-0.05, 0) is 36.2 Å². The van der Waals surface area contributed by atoms with Crippen LogP contribution < -0.4 is 5.32 Å². The molecule has 0 unspecified atom stereocenters. The van der Waals surface area contributed by atoms with Gasteiger partial charge in [0.15, 0.2) is 0 Å². The summed E-state index contributed by atoms with van der Waals surface area (Å²) in [6.07, 6.45) is 3.53. The molecule has 92 valence electrons. The van der Waals surface area contributed by atoms with Crippen LogP contribution in [0.15, 0.2) is 42.7 Å². The Bertz CT molecular complexity index is 550. The summed E-state index contributed by atoms with van der Waals surface area (Å²) in [6, 6.07) is 8.77. The fourth-order valence-corrected chi connectivity index (χ4v) is 1.61. The molecule has 4 heteroatoms. The lowest BCUT2D eigenvalue weighted by molar-refractivity contribution is 0.0697. The molecule has 0 radical (unpaired) electrons. The van der Waals surface area contributed by atoms with Crippen LogP contribution >= 0.6 is 0 Å². The fraction of sp³-hybridized carbons (Fsp3) is 0.143. The van der Waals surface area contributed by atoms with Crippen LogP contribution in [0.2, 0.25) is 0 Å². The van der Waals surface area contributed by atoms with E-state index in [1.54, 1.807) is 24.5 Å². The summed E-state index contributed by atoms with van der Waals surface area (Å²) >= 11 is 0. The summed E-state index contributed by atoms with van der Waals surface area (Å²) < 4.78 is 0.